The number of para-hydroxylation sites is 2. The number of hydrogen-bond donors (Lipinski definition) is 0. The third kappa shape index (κ3) is 3.10. The lowest BCUT2D eigenvalue weighted by Crippen LogP contribution is -2.28. The fourth-order valence-corrected chi connectivity index (χ4v) is 4.44. The van der Waals surface area contributed by atoms with Crippen LogP contribution in [0.5, 0.6) is 5.75 Å². The van der Waals surface area contributed by atoms with Crippen LogP contribution < -0.4 is 9.64 Å². The Balaban J connectivity index is 1.55. The number of anilines is 2. The summed E-state index contributed by atoms with van der Waals surface area (Å²) in [6.07, 6.45) is 0. The van der Waals surface area contributed by atoms with Crippen molar-refractivity contribution in [2.24, 2.45) is 0 Å². The Morgan fingerprint density at radius 2 is 1.41 bits per heavy atom. The van der Waals surface area contributed by atoms with Crippen LogP contribution >= 0.6 is 15.9 Å². The molecule has 0 atom stereocenters. The molecule has 3 nitrogen and oxygen atoms in total. The number of esters is 1. The number of rotatable bonds is 2. The van der Waals surface area contributed by atoms with E-state index in [0.717, 1.165) is 37.7 Å². The van der Waals surface area contributed by atoms with E-state index in [0.29, 0.717) is 5.75 Å². The van der Waals surface area contributed by atoms with Gasteiger partial charge in [-0.3, -0.25) is 4.79 Å². The maximum atomic E-state index is 13.3. The molecule has 0 unspecified atom stereocenters. The summed E-state index contributed by atoms with van der Waals surface area (Å²) < 4.78 is 6.89. The number of carbonyl (C=O) groups excluding carboxylic acids is 1. The van der Waals surface area contributed by atoms with Crippen LogP contribution in [0.25, 0.3) is 10.8 Å². The lowest BCUT2D eigenvalue weighted by Gasteiger charge is -2.34. The molecule has 1 aliphatic rings. The number of hydrogen-bond acceptors (Lipinski definition) is 3. The molecule has 0 saturated heterocycles. The zero-order chi connectivity index (χ0) is 20.0. The van der Waals surface area contributed by atoms with Crippen LogP contribution in [-0.2, 0) is 4.79 Å². The van der Waals surface area contributed by atoms with Crippen molar-refractivity contribution < 1.29 is 9.53 Å². The highest BCUT2D eigenvalue weighted by atomic mass is 79.9. The van der Waals surface area contributed by atoms with Crippen molar-refractivity contribution in [2.75, 3.05) is 11.9 Å². The van der Waals surface area contributed by atoms with E-state index in [9.17, 15) is 4.79 Å². The molecular weight excluding hydrogens is 426 g/mol. The Hall–Kier alpha value is -3.11. The summed E-state index contributed by atoms with van der Waals surface area (Å²) in [5.74, 6) is -0.174. The second kappa shape index (κ2) is 7.05. The highest BCUT2D eigenvalue weighted by Crippen LogP contribution is 2.45. The van der Waals surface area contributed by atoms with E-state index in [-0.39, 0.29) is 5.97 Å². The second-order valence-electron chi connectivity index (χ2n) is 7.18. The molecule has 0 spiro atoms. The first-order chi connectivity index (χ1) is 14.1. The van der Waals surface area contributed by atoms with Gasteiger partial charge in [-0.1, -0.05) is 64.5 Å². The third-order valence-electron chi connectivity index (χ3n) is 5.45. The van der Waals surface area contributed by atoms with Gasteiger partial charge in [0.1, 0.15) is 11.7 Å². The van der Waals surface area contributed by atoms with Crippen LogP contribution in [0.1, 0.15) is 17.0 Å². The van der Waals surface area contributed by atoms with Crippen LogP contribution in [0, 0.1) is 0 Å². The predicted molar refractivity (Wildman–Crippen MR) is 120 cm³/mol. The van der Waals surface area contributed by atoms with Gasteiger partial charge < -0.3 is 9.64 Å². The molecular formula is C25H18BrNO2. The summed E-state index contributed by atoms with van der Waals surface area (Å²) >= 11 is 3.49. The highest BCUT2D eigenvalue weighted by Gasteiger charge is 2.34. The molecule has 5 rings (SSSR count). The fraction of sp³-hybridized carbons (Fsp3) is 0.0800. The summed E-state index contributed by atoms with van der Waals surface area (Å²) in [5.41, 5.74) is 3.97. The van der Waals surface area contributed by atoms with Crippen LogP contribution in [0.4, 0.5) is 11.4 Å². The van der Waals surface area contributed by atoms with Crippen molar-refractivity contribution in [3.63, 3.8) is 0 Å². The van der Waals surface area contributed by atoms with Gasteiger partial charge in [-0.15, -0.1) is 0 Å². The molecule has 1 heterocycles. The summed E-state index contributed by atoms with van der Waals surface area (Å²) in [6, 6.07) is 27.8. The van der Waals surface area contributed by atoms with Gasteiger partial charge in [0, 0.05) is 22.9 Å². The van der Waals surface area contributed by atoms with Gasteiger partial charge in [0.05, 0.1) is 0 Å². The Kier molecular flexibility index (Phi) is 4.36. The van der Waals surface area contributed by atoms with Crippen molar-refractivity contribution in [1.82, 2.24) is 0 Å². The Morgan fingerprint density at radius 1 is 0.828 bits per heavy atom. The zero-order valence-electron chi connectivity index (χ0n) is 15.8. The van der Waals surface area contributed by atoms with Crippen LogP contribution in [0.2, 0.25) is 0 Å². The van der Waals surface area contributed by atoms with Gasteiger partial charge in [-0.25, -0.2) is 0 Å². The van der Waals surface area contributed by atoms with Gasteiger partial charge in [-0.05, 0) is 58.3 Å². The average Bonchev–Trinajstić information content (AvgIpc) is 2.74. The lowest BCUT2D eigenvalue weighted by atomic mass is 9.85. The van der Waals surface area contributed by atoms with Crippen molar-refractivity contribution in [3.05, 3.63) is 101 Å². The maximum absolute atomic E-state index is 13.3. The minimum Gasteiger partial charge on any atom is -0.426 e. The molecule has 0 aliphatic carbocycles. The van der Waals surface area contributed by atoms with E-state index >= 15 is 0 Å². The number of nitrogens with zero attached hydrogens (tertiary/aromatic N) is 1. The average molecular weight is 444 g/mol. The van der Waals surface area contributed by atoms with Gasteiger partial charge in [0.25, 0.3) is 0 Å². The molecule has 4 aromatic carbocycles. The molecule has 142 valence electrons. The zero-order valence-corrected chi connectivity index (χ0v) is 17.4. The van der Waals surface area contributed by atoms with E-state index < -0.39 is 5.92 Å². The van der Waals surface area contributed by atoms with Crippen LogP contribution in [0.3, 0.4) is 0 Å². The van der Waals surface area contributed by atoms with Gasteiger partial charge in [0.15, 0.2) is 0 Å². The number of benzene rings is 4. The number of fused-ring (bicyclic) bond motifs is 3. The fourth-order valence-electron chi connectivity index (χ4n) is 4.06. The number of ether oxygens (including phenoxy) is 1. The smallest absolute Gasteiger partial charge is 0.323 e. The first kappa shape index (κ1) is 18.0. The topological polar surface area (TPSA) is 29.5 Å². The predicted octanol–water partition coefficient (Wildman–Crippen LogP) is 6.42. The minimum absolute atomic E-state index is 0.269. The molecule has 0 bridgehead atoms. The molecule has 0 fully saturated rings. The maximum Gasteiger partial charge on any atom is 0.323 e. The van der Waals surface area contributed by atoms with E-state index in [2.05, 4.69) is 20.8 Å². The van der Waals surface area contributed by atoms with Crippen molar-refractivity contribution >= 4 is 44.0 Å². The summed E-state index contributed by atoms with van der Waals surface area (Å²) in [6.45, 7) is 0. The SMILES string of the molecule is CN1c2ccccc2C(C(=O)Oc2ccc3cc(Br)ccc3c2)c2ccccc21. The Bertz CT molecular complexity index is 1200. The molecule has 29 heavy (non-hydrogen) atoms. The third-order valence-corrected chi connectivity index (χ3v) is 5.94. The van der Waals surface area contributed by atoms with Crippen LogP contribution in [0.15, 0.2) is 89.4 Å². The van der Waals surface area contributed by atoms with E-state index in [1.165, 1.54) is 0 Å². The first-order valence-electron chi connectivity index (χ1n) is 9.44. The van der Waals surface area contributed by atoms with Crippen LogP contribution in [-0.4, -0.2) is 13.0 Å². The summed E-state index contributed by atoms with van der Waals surface area (Å²) in [4.78, 5) is 15.5. The Labute approximate surface area is 177 Å². The normalized spacial score (nSPS) is 13.1. The van der Waals surface area contributed by atoms with Crippen molar-refractivity contribution in [3.8, 4) is 5.75 Å². The molecule has 0 saturated carbocycles. The van der Waals surface area contributed by atoms with Gasteiger partial charge in [0.2, 0.25) is 0 Å². The standard InChI is InChI=1S/C25H18BrNO2/c1-27-22-8-4-2-6-20(22)24(21-7-3-5-9-23(21)27)25(28)29-19-13-11-16-14-18(26)12-10-17(16)15-19/h2-15,24H,1H3. The highest BCUT2D eigenvalue weighted by molar-refractivity contribution is 9.10. The molecule has 4 aromatic rings. The second-order valence-corrected chi connectivity index (χ2v) is 8.10. The quantitative estimate of drug-likeness (QED) is 0.264. The van der Waals surface area contributed by atoms with Gasteiger partial charge in [-0.2, -0.15) is 0 Å². The van der Waals surface area contributed by atoms with Gasteiger partial charge >= 0.3 is 5.97 Å². The van der Waals surface area contributed by atoms with Crippen molar-refractivity contribution in [2.45, 2.75) is 5.92 Å². The summed E-state index contributed by atoms with van der Waals surface area (Å²) in [5, 5.41) is 2.12. The monoisotopic (exact) mass is 443 g/mol. The molecule has 0 amide bonds. The number of halogens is 1. The molecule has 0 radical (unpaired) electrons. The number of carbonyl (C=O) groups is 1. The minimum atomic E-state index is -0.459. The largest absolute Gasteiger partial charge is 0.426 e. The molecule has 0 aromatic heterocycles. The summed E-state index contributed by atoms with van der Waals surface area (Å²) in [7, 11) is 2.03. The lowest BCUT2D eigenvalue weighted by molar-refractivity contribution is -0.135. The molecule has 4 heteroatoms. The van der Waals surface area contributed by atoms with E-state index in [1.807, 2.05) is 92.0 Å². The van der Waals surface area contributed by atoms with Crippen molar-refractivity contribution in [1.29, 1.82) is 0 Å². The molecule has 0 N–H and O–H groups in total. The van der Waals surface area contributed by atoms with E-state index in [1.54, 1.807) is 0 Å². The Morgan fingerprint density at radius 3 is 2.10 bits per heavy atom. The molecule has 1 aliphatic heterocycles. The first-order valence-corrected chi connectivity index (χ1v) is 10.2. The van der Waals surface area contributed by atoms with E-state index in [4.69, 9.17) is 4.74 Å².